The van der Waals surface area contributed by atoms with Crippen LogP contribution in [0.15, 0.2) is 18.2 Å². The van der Waals surface area contributed by atoms with Crippen LogP contribution in [0, 0.1) is 10.1 Å². The quantitative estimate of drug-likeness (QED) is 0.310. The Bertz CT molecular complexity index is 541. The zero-order valence-corrected chi connectivity index (χ0v) is 11.7. The summed E-state index contributed by atoms with van der Waals surface area (Å²) >= 11 is 0. The van der Waals surface area contributed by atoms with Crippen molar-refractivity contribution in [2.45, 2.75) is 13.3 Å². The van der Waals surface area contributed by atoms with Crippen molar-refractivity contribution in [3.8, 4) is 11.5 Å². The van der Waals surface area contributed by atoms with Gasteiger partial charge >= 0.3 is 11.7 Å². The number of carbonyl (C=O) groups excluding carboxylic acids is 2. The van der Waals surface area contributed by atoms with E-state index in [0.29, 0.717) is 0 Å². The van der Waals surface area contributed by atoms with E-state index in [2.05, 4.69) is 4.74 Å². The van der Waals surface area contributed by atoms with Crippen LogP contribution in [0.1, 0.15) is 13.3 Å². The SMILES string of the molecule is CCOC(=O)CC(=O)COc1ccc(OC)c([N+](=O)[O-])c1. The highest BCUT2D eigenvalue weighted by atomic mass is 16.6. The first-order chi connectivity index (χ1) is 9.97. The first-order valence-electron chi connectivity index (χ1n) is 6.10. The fourth-order valence-corrected chi connectivity index (χ4v) is 1.49. The summed E-state index contributed by atoms with van der Waals surface area (Å²) in [4.78, 5) is 32.8. The highest BCUT2D eigenvalue weighted by molar-refractivity contribution is 5.96. The molecule has 1 rings (SSSR count). The summed E-state index contributed by atoms with van der Waals surface area (Å²) in [5.41, 5.74) is -0.271. The van der Waals surface area contributed by atoms with E-state index in [1.807, 2.05) is 0 Å². The van der Waals surface area contributed by atoms with Crippen LogP contribution in [0.4, 0.5) is 5.69 Å². The van der Waals surface area contributed by atoms with E-state index >= 15 is 0 Å². The maximum absolute atomic E-state index is 11.5. The Labute approximate surface area is 120 Å². The Hall–Kier alpha value is -2.64. The fraction of sp³-hybridized carbons (Fsp3) is 0.385. The summed E-state index contributed by atoms with van der Waals surface area (Å²) in [6.45, 7) is 1.45. The monoisotopic (exact) mass is 297 g/mol. The third kappa shape index (κ3) is 5.09. The van der Waals surface area contributed by atoms with E-state index in [-0.39, 0.29) is 30.4 Å². The van der Waals surface area contributed by atoms with Gasteiger partial charge in [0.2, 0.25) is 0 Å². The molecular weight excluding hydrogens is 282 g/mol. The van der Waals surface area contributed by atoms with Gasteiger partial charge in [-0.3, -0.25) is 19.7 Å². The third-order valence-electron chi connectivity index (χ3n) is 2.39. The van der Waals surface area contributed by atoms with Crippen LogP contribution in [-0.2, 0) is 14.3 Å². The highest BCUT2D eigenvalue weighted by Crippen LogP contribution is 2.30. The number of benzene rings is 1. The smallest absolute Gasteiger partial charge is 0.314 e. The maximum Gasteiger partial charge on any atom is 0.314 e. The van der Waals surface area contributed by atoms with Gasteiger partial charge in [0.25, 0.3) is 0 Å². The topological polar surface area (TPSA) is 105 Å². The van der Waals surface area contributed by atoms with Gasteiger partial charge in [-0.2, -0.15) is 0 Å². The molecule has 0 radical (unpaired) electrons. The van der Waals surface area contributed by atoms with Crippen LogP contribution in [0.3, 0.4) is 0 Å². The van der Waals surface area contributed by atoms with Gasteiger partial charge in [0.05, 0.1) is 24.7 Å². The van der Waals surface area contributed by atoms with E-state index in [0.717, 1.165) is 6.07 Å². The molecular formula is C13H15NO7. The largest absolute Gasteiger partial charge is 0.490 e. The summed E-state index contributed by atoms with van der Waals surface area (Å²) in [6.07, 6.45) is -0.397. The number of hydrogen-bond acceptors (Lipinski definition) is 7. The van der Waals surface area contributed by atoms with E-state index < -0.39 is 23.1 Å². The molecule has 0 N–H and O–H groups in total. The second-order valence-corrected chi connectivity index (χ2v) is 3.90. The number of nitrogens with zero attached hydrogens (tertiary/aromatic N) is 1. The maximum atomic E-state index is 11.5. The summed E-state index contributed by atoms with van der Waals surface area (Å²) in [5, 5.41) is 10.8. The molecule has 1 aromatic carbocycles. The highest BCUT2D eigenvalue weighted by Gasteiger charge is 2.17. The van der Waals surface area contributed by atoms with E-state index in [1.165, 1.54) is 19.2 Å². The van der Waals surface area contributed by atoms with Gasteiger partial charge in [-0.15, -0.1) is 0 Å². The molecule has 0 spiro atoms. The molecule has 0 aliphatic heterocycles. The lowest BCUT2D eigenvalue weighted by molar-refractivity contribution is -0.385. The first kappa shape index (κ1) is 16.4. The summed E-state index contributed by atoms with van der Waals surface area (Å²) in [6, 6.07) is 3.95. The first-order valence-corrected chi connectivity index (χ1v) is 6.10. The summed E-state index contributed by atoms with van der Waals surface area (Å²) < 4.78 is 14.6. The molecule has 0 aliphatic carbocycles. The molecule has 0 saturated heterocycles. The second-order valence-electron chi connectivity index (χ2n) is 3.90. The molecule has 0 aliphatic rings. The van der Waals surface area contributed by atoms with Crippen LogP contribution < -0.4 is 9.47 Å². The molecule has 114 valence electrons. The lowest BCUT2D eigenvalue weighted by Crippen LogP contribution is -2.17. The van der Waals surface area contributed by atoms with Crippen LogP contribution >= 0.6 is 0 Å². The van der Waals surface area contributed by atoms with Gasteiger partial charge in [-0.25, -0.2) is 0 Å². The van der Waals surface area contributed by atoms with Gasteiger partial charge in [-0.1, -0.05) is 0 Å². The standard InChI is InChI=1S/C13H15NO7/c1-3-20-13(16)6-9(15)8-21-10-4-5-12(19-2)11(7-10)14(17)18/h4-5,7H,3,6,8H2,1-2H3. The minimum absolute atomic E-state index is 0.0881. The van der Waals surface area contributed by atoms with Crippen molar-refractivity contribution in [2.75, 3.05) is 20.3 Å². The predicted octanol–water partition coefficient (Wildman–Crippen LogP) is 1.50. The van der Waals surface area contributed by atoms with Crippen molar-refractivity contribution in [3.05, 3.63) is 28.3 Å². The average Bonchev–Trinajstić information content (AvgIpc) is 2.44. The zero-order valence-electron chi connectivity index (χ0n) is 11.7. The number of methoxy groups -OCH3 is 1. The molecule has 0 fully saturated rings. The molecule has 21 heavy (non-hydrogen) atoms. The molecule has 8 heteroatoms. The number of nitro groups is 1. The van der Waals surface area contributed by atoms with Crippen molar-refractivity contribution in [1.82, 2.24) is 0 Å². The van der Waals surface area contributed by atoms with Crippen LogP contribution in [0.2, 0.25) is 0 Å². The Morgan fingerprint density at radius 1 is 1.33 bits per heavy atom. The molecule has 0 bridgehead atoms. The van der Waals surface area contributed by atoms with Crippen LogP contribution in [0.5, 0.6) is 11.5 Å². The molecule has 0 unspecified atom stereocenters. The number of nitro benzene ring substituents is 1. The normalized spacial score (nSPS) is 9.81. The molecule has 1 aromatic rings. The third-order valence-corrected chi connectivity index (χ3v) is 2.39. The van der Waals surface area contributed by atoms with Crippen LogP contribution in [0.25, 0.3) is 0 Å². The van der Waals surface area contributed by atoms with Gasteiger partial charge in [-0.05, 0) is 19.1 Å². The fourth-order valence-electron chi connectivity index (χ4n) is 1.49. The lowest BCUT2D eigenvalue weighted by Gasteiger charge is -2.07. The van der Waals surface area contributed by atoms with Gasteiger partial charge in [0.15, 0.2) is 11.5 Å². The second kappa shape index (κ2) is 7.83. The van der Waals surface area contributed by atoms with Crippen molar-refractivity contribution in [2.24, 2.45) is 0 Å². The number of ether oxygens (including phenoxy) is 3. The van der Waals surface area contributed by atoms with Crippen molar-refractivity contribution in [1.29, 1.82) is 0 Å². The average molecular weight is 297 g/mol. The molecule has 0 heterocycles. The number of Topliss-reactive ketones (excluding diaryl/α,β-unsaturated/α-hetero) is 1. The molecule has 0 saturated carbocycles. The Morgan fingerprint density at radius 2 is 2.05 bits per heavy atom. The van der Waals surface area contributed by atoms with Crippen molar-refractivity contribution in [3.63, 3.8) is 0 Å². The number of rotatable bonds is 8. The molecule has 0 amide bonds. The van der Waals surface area contributed by atoms with Crippen LogP contribution in [-0.4, -0.2) is 37.0 Å². The molecule has 0 aromatic heterocycles. The molecule has 8 nitrogen and oxygen atoms in total. The number of esters is 1. The van der Waals surface area contributed by atoms with Gasteiger partial charge in [0, 0.05) is 0 Å². The number of carbonyl (C=O) groups is 2. The minimum Gasteiger partial charge on any atom is -0.490 e. The Balaban J connectivity index is 2.63. The lowest BCUT2D eigenvalue weighted by atomic mass is 10.2. The minimum atomic E-state index is -0.633. The van der Waals surface area contributed by atoms with Crippen molar-refractivity contribution >= 4 is 17.4 Å². The predicted molar refractivity (Wildman–Crippen MR) is 71.4 cm³/mol. The Kier molecular flexibility index (Phi) is 6.12. The van der Waals surface area contributed by atoms with E-state index in [1.54, 1.807) is 6.92 Å². The molecule has 0 atom stereocenters. The van der Waals surface area contributed by atoms with Gasteiger partial charge < -0.3 is 14.2 Å². The van der Waals surface area contributed by atoms with Crippen molar-refractivity contribution < 1.29 is 28.7 Å². The summed E-state index contributed by atoms with van der Waals surface area (Å²) in [5.74, 6) is -0.886. The Morgan fingerprint density at radius 3 is 2.62 bits per heavy atom. The van der Waals surface area contributed by atoms with E-state index in [4.69, 9.17) is 9.47 Å². The number of ketones is 1. The van der Waals surface area contributed by atoms with E-state index in [9.17, 15) is 19.7 Å². The summed E-state index contributed by atoms with van der Waals surface area (Å²) in [7, 11) is 1.31. The number of hydrogen-bond donors (Lipinski definition) is 0. The zero-order chi connectivity index (χ0) is 15.8. The van der Waals surface area contributed by atoms with Gasteiger partial charge in [0.1, 0.15) is 18.8 Å².